The Labute approximate surface area is 169 Å². The molecule has 146 valence electrons. The number of hydrogen-bond donors (Lipinski definition) is 0. The molecule has 0 unspecified atom stereocenters. The van der Waals surface area contributed by atoms with Crippen LogP contribution >= 0.6 is 0 Å². The Morgan fingerprint density at radius 3 is 2.10 bits per heavy atom. The second kappa shape index (κ2) is 9.32. The number of rotatable bonds is 5. The summed E-state index contributed by atoms with van der Waals surface area (Å²) in [5, 5.41) is 0. The fourth-order valence-corrected chi connectivity index (χ4v) is 2.78. The third-order valence-electron chi connectivity index (χ3n) is 4.23. The number of nitrogens with zero attached hydrogens (tertiary/aromatic N) is 2. The van der Waals surface area contributed by atoms with Crippen molar-refractivity contribution in [3.05, 3.63) is 95.6 Å². The Hall–Kier alpha value is -3.93. The highest BCUT2D eigenvalue weighted by Gasteiger charge is 2.27. The molecule has 1 aromatic carbocycles. The fraction of sp³-hybridized carbons (Fsp3) is 0.0870. The topological polar surface area (TPSA) is 68.7 Å². The predicted octanol–water partition coefficient (Wildman–Crippen LogP) is 3.74. The van der Waals surface area contributed by atoms with E-state index >= 15 is 0 Å². The van der Waals surface area contributed by atoms with Gasteiger partial charge in [-0.15, -0.1) is 0 Å². The Balaban J connectivity index is 1.94. The number of pyridine rings is 1. The van der Waals surface area contributed by atoms with Gasteiger partial charge in [-0.3, -0.25) is 4.98 Å². The average molecular weight is 388 g/mol. The molecule has 0 radical (unpaired) electrons. The van der Waals surface area contributed by atoms with Crippen molar-refractivity contribution in [2.45, 2.75) is 0 Å². The third kappa shape index (κ3) is 4.68. The van der Waals surface area contributed by atoms with Crippen LogP contribution in [-0.4, -0.2) is 31.1 Å². The third-order valence-corrected chi connectivity index (χ3v) is 4.23. The molecule has 1 aliphatic heterocycles. The molecule has 0 N–H and O–H groups in total. The summed E-state index contributed by atoms with van der Waals surface area (Å²) in [6, 6.07) is 11.4. The van der Waals surface area contributed by atoms with E-state index in [9.17, 15) is 9.59 Å². The van der Waals surface area contributed by atoms with Gasteiger partial charge in [-0.1, -0.05) is 30.4 Å². The minimum Gasteiger partial charge on any atom is -0.465 e. The Bertz CT molecular complexity index is 1000. The van der Waals surface area contributed by atoms with Gasteiger partial charge in [-0.25, -0.2) is 9.59 Å². The highest BCUT2D eigenvalue weighted by molar-refractivity contribution is 6.05. The maximum absolute atomic E-state index is 12.4. The molecule has 0 bridgehead atoms. The Morgan fingerprint density at radius 2 is 1.48 bits per heavy atom. The molecule has 0 fully saturated rings. The number of ether oxygens (including phenoxy) is 2. The number of benzene rings is 1. The first kappa shape index (κ1) is 19.8. The lowest BCUT2D eigenvalue weighted by Gasteiger charge is -2.23. The second-order valence-corrected chi connectivity index (χ2v) is 6.02. The smallest absolute Gasteiger partial charge is 0.355 e. The summed E-state index contributed by atoms with van der Waals surface area (Å²) < 4.78 is 9.73. The van der Waals surface area contributed by atoms with Crippen LogP contribution < -0.4 is 4.90 Å². The molecule has 2 aromatic rings. The van der Waals surface area contributed by atoms with Crippen LogP contribution in [-0.2, 0) is 19.1 Å². The monoisotopic (exact) mass is 388 g/mol. The molecule has 0 saturated carbocycles. The highest BCUT2D eigenvalue weighted by atomic mass is 16.5. The van der Waals surface area contributed by atoms with E-state index < -0.39 is 11.9 Å². The van der Waals surface area contributed by atoms with Gasteiger partial charge < -0.3 is 14.4 Å². The quantitative estimate of drug-likeness (QED) is 0.727. The second-order valence-electron chi connectivity index (χ2n) is 6.02. The van der Waals surface area contributed by atoms with Crippen molar-refractivity contribution in [1.29, 1.82) is 0 Å². The van der Waals surface area contributed by atoms with E-state index in [1.165, 1.54) is 20.3 Å². The van der Waals surface area contributed by atoms with Crippen LogP contribution in [0.15, 0.2) is 84.5 Å². The van der Waals surface area contributed by atoms with E-state index in [-0.39, 0.29) is 11.3 Å². The van der Waals surface area contributed by atoms with E-state index in [4.69, 9.17) is 9.47 Å². The van der Waals surface area contributed by atoms with Crippen LogP contribution in [0.5, 0.6) is 0 Å². The van der Waals surface area contributed by atoms with Crippen LogP contribution in [0.3, 0.4) is 0 Å². The molecule has 2 heterocycles. The van der Waals surface area contributed by atoms with E-state index in [1.54, 1.807) is 35.6 Å². The van der Waals surface area contributed by atoms with Gasteiger partial charge in [0.1, 0.15) is 5.70 Å². The SMILES string of the molecule is COC(=O)C1=C(C(=O)OC)N(c2ccc(C=Cc3ccncc3)cc2)C=CC=C1. The maximum atomic E-state index is 12.4. The molecule has 0 amide bonds. The first-order valence-corrected chi connectivity index (χ1v) is 8.87. The van der Waals surface area contributed by atoms with Crippen molar-refractivity contribution < 1.29 is 19.1 Å². The van der Waals surface area contributed by atoms with E-state index in [2.05, 4.69) is 4.98 Å². The van der Waals surface area contributed by atoms with Crippen molar-refractivity contribution in [2.24, 2.45) is 0 Å². The number of carbonyl (C=O) groups is 2. The molecule has 6 nitrogen and oxygen atoms in total. The largest absolute Gasteiger partial charge is 0.465 e. The van der Waals surface area contributed by atoms with Gasteiger partial charge in [-0.05, 0) is 47.5 Å². The Kier molecular flexibility index (Phi) is 6.37. The Morgan fingerprint density at radius 1 is 0.862 bits per heavy atom. The number of aromatic nitrogens is 1. The molecule has 29 heavy (non-hydrogen) atoms. The molecular formula is C23H20N2O4. The molecule has 0 atom stereocenters. The molecule has 0 saturated heterocycles. The molecule has 1 aliphatic rings. The summed E-state index contributed by atoms with van der Waals surface area (Å²) >= 11 is 0. The van der Waals surface area contributed by atoms with Crippen LogP contribution in [0.1, 0.15) is 11.1 Å². The van der Waals surface area contributed by atoms with Crippen LogP contribution in [0.2, 0.25) is 0 Å². The van der Waals surface area contributed by atoms with Crippen LogP contribution in [0.4, 0.5) is 5.69 Å². The van der Waals surface area contributed by atoms with Gasteiger partial charge in [0.25, 0.3) is 0 Å². The zero-order chi connectivity index (χ0) is 20.6. The van der Waals surface area contributed by atoms with E-state index in [0.29, 0.717) is 5.69 Å². The lowest BCUT2D eigenvalue weighted by Crippen LogP contribution is -2.26. The lowest BCUT2D eigenvalue weighted by molar-refractivity contribution is -0.139. The molecule has 0 spiro atoms. The zero-order valence-corrected chi connectivity index (χ0v) is 16.1. The first-order valence-electron chi connectivity index (χ1n) is 8.87. The molecule has 1 aromatic heterocycles. The van der Waals surface area contributed by atoms with Gasteiger partial charge in [0, 0.05) is 24.3 Å². The lowest BCUT2D eigenvalue weighted by atomic mass is 10.1. The summed E-state index contributed by atoms with van der Waals surface area (Å²) in [7, 11) is 2.54. The number of carbonyl (C=O) groups excluding carboxylic acids is 2. The minimum atomic E-state index is -0.636. The summed E-state index contributed by atoms with van der Waals surface area (Å²) in [6.45, 7) is 0. The average Bonchev–Trinajstić information content (AvgIpc) is 3.00. The molecule has 0 aliphatic carbocycles. The maximum Gasteiger partial charge on any atom is 0.355 e. The van der Waals surface area contributed by atoms with Gasteiger partial charge in [0.2, 0.25) is 0 Å². The summed E-state index contributed by atoms with van der Waals surface area (Å²) in [5.41, 5.74) is 2.94. The predicted molar refractivity (Wildman–Crippen MR) is 111 cm³/mol. The summed E-state index contributed by atoms with van der Waals surface area (Å²) in [4.78, 5) is 30.2. The van der Waals surface area contributed by atoms with Crippen molar-refractivity contribution in [3.63, 3.8) is 0 Å². The fourth-order valence-electron chi connectivity index (χ4n) is 2.78. The van der Waals surface area contributed by atoms with Gasteiger partial charge in [0.05, 0.1) is 19.8 Å². The van der Waals surface area contributed by atoms with Crippen molar-refractivity contribution >= 4 is 29.8 Å². The standard InChI is InChI=1S/C23H20N2O4/c1-28-22(26)20-5-3-4-16-25(21(20)23(27)29-2)19-10-8-17(9-11-19)6-7-18-12-14-24-15-13-18/h3-16H,1-2H3. The van der Waals surface area contributed by atoms with Crippen molar-refractivity contribution in [2.75, 3.05) is 19.1 Å². The van der Waals surface area contributed by atoms with Gasteiger partial charge >= 0.3 is 11.9 Å². The summed E-state index contributed by atoms with van der Waals surface area (Å²) in [6.07, 6.45) is 14.1. The first-order chi connectivity index (χ1) is 14.1. The number of anilines is 1. The van der Waals surface area contributed by atoms with Crippen molar-refractivity contribution in [1.82, 2.24) is 4.98 Å². The van der Waals surface area contributed by atoms with Crippen LogP contribution in [0.25, 0.3) is 12.2 Å². The van der Waals surface area contributed by atoms with E-state index in [1.807, 2.05) is 48.6 Å². The van der Waals surface area contributed by atoms with E-state index in [0.717, 1.165) is 11.1 Å². The molecular weight excluding hydrogens is 368 g/mol. The molecule has 3 rings (SSSR count). The van der Waals surface area contributed by atoms with Crippen molar-refractivity contribution in [3.8, 4) is 0 Å². The highest BCUT2D eigenvalue weighted by Crippen LogP contribution is 2.26. The van der Waals surface area contributed by atoms with Gasteiger partial charge in [0.15, 0.2) is 0 Å². The zero-order valence-electron chi connectivity index (χ0n) is 16.1. The normalized spacial score (nSPS) is 13.5. The van der Waals surface area contributed by atoms with Crippen LogP contribution in [0, 0.1) is 0 Å². The number of hydrogen-bond acceptors (Lipinski definition) is 6. The number of esters is 2. The number of allylic oxidation sites excluding steroid dienone is 2. The minimum absolute atomic E-state index is 0.0874. The molecule has 6 heteroatoms. The summed E-state index contributed by atoms with van der Waals surface area (Å²) in [5.74, 6) is -1.25. The number of methoxy groups -OCH3 is 2. The van der Waals surface area contributed by atoms with Gasteiger partial charge in [-0.2, -0.15) is 0 Å².